The second-order valence-electron chi connectivity index (χ2n) is 8.05. The fourth-order valence-electron chi connectivity index (χ4n) is 2.73. The molecule has 0 radical (unpaired) electrons. The summed E-state index contributed by atoms with van der Waals surface area (Å²) in [5.41, 5.74) is 0.596. The van der Waals surface area contributed by atoms with Crippen LogP contribution in [0.4, 0.5) is 5.82 Å². The Morgan fingerprint density at radius 2 is 2.04 bits per heavy atom. The highest BCUT2D eigenvalue weighted by atomic mass is 28.4. The first-order valence-corrected chi connectivity index (χ1v) is 11.4. The number of nitriles is 1. The van der Waals surface area contributed by atoms with Crippen molar-refractivity contribution in [2.45, 2.75) is 76.7 Å². The van der Waals surface area contributed by atoms with Gasteiger partial charge in [-0.05, 0) is 55.9 Å². The van der Waals surface area contributed by atoms with Crippen LogP contribution in [0.5, 0.6) is 0 Å². The molecule has 1 fully saturated rings. The summed E-state index contributed by atoms with van der Waals surface area (Å²) in [6.07, 6.45) is 6.50. The molecule has 1 saturated carbocycles. The molecule has 23 heavy (non-hydrogen) atoms. The first kappa shape index (κ1) is 18.0. The minimum absolute atomic E-state index is 0.252. The van der Waals surface area contributed by atoms with Gasteiger partial charge in [-0.25, -0.2) is 4.98 Å². The average molecular weight is 332 g/mol. The van der Waals surface area contributed by atoms with Crippen molar-refractivity contribution in [3.05, 3.63) is 23.9 Å². The molecule has 2 atom stereocenters. The summed E-state index contributed by atoms with van der Waals surface area (Å²) in [6, 6.07) is 6.19. The Morgan fingerprint density at radius 3 is 2.61 bits per heavy atom. The fraction of sp³-hybridized carbons (Fsp3) is 0.667. The van der Waals surface area contributed by atoms with Crippen molar-refractivity contribution < 1.29 is 4.43 Å². The van der Waals surface area contributed by atoms with Gasteiger partial charge in [-0.15, -0.1) is 0 Å². The lowest BCUT2D eigenvalue weighted by Gasteiger charge is -2.41. The Hall–Kier alpha value is -1.38. The van der Waals surface area contributed by atoms with Crippen molar-refractivity contribution in [2.24, 2.45) is 0 Å². The molecule has 2 unspecified atom stereocenters. The van der Waals surface area contributed by atoms with Crippen molar-refractivity contribution in [3.63, 3.8) is 0 Å². The van der Waals surface area contributed by atoms with Crippen LogP contribution < -0.4 is 5.32 Å². The van der Waals surface area contributed by atoms with Crippen LogP contribution in [0.15, 0.2) is 18.3 Å². The fourth-order valence-corrected chi connectivity index (χ4v) is 4.13. The van der Waals surface area contributed by atoms with E-state index in [0.717, 1.165) is 25.1 Å². The van der Waals surface area contributed by atoms with Crippen LogP contribution in [-0.4, -0.2) is 25.4 Å². The number of nitrogens with zero attached hydrogens (tertiary/aromatic N) is 2. The van der Waals surface area contributed by atoms with E-state index in [1.54, 1.807) is 6.20 Å². The van der Waals surface area contributed by atoms with Gasteiger partial charge in [0, 0.05) is 18.3 Å². The number of hydrogen-bond donors (Lipinski definition) is 1. The van der Waals surface area contributed by atoms with E-state index in [4.69, 9.17) is 9.69 Å². The molecule has 5 heteroatoms. The highest BCUT2D eigenvalue weighted by molar-refractivity contribution is 6.74. The van der Waals surface area contributed by atoms with Crippen LogP contribution in [0, 0.1) is 11.3 Å². The zero-order valence-corrected chi connectivity index (χ0v) is 16.0. The van der Waals surface area contributed by atoms with Crippen LogP contribution in [0.1, 0.15) is 52.0 Å². The quantitative estimate of drug-likeness (QED) is 0.813. The lowest BCUT2D eigenvalue weighted by Crippen LogP contribution is -2.46. The molecule has 1 aliphatic rings. The number of hydrogen-bond acceptors (Lipinski definition) is 4. The topological polar surface area (TPSA) is 57.9 Å². The third-order valence-electron chi connectivity index (χ3n) is 5.14. The van der Waals surface area contributed by atoms with E-state index in [2.05, 4.69) is 50.2 Å². The zero-order valence-electron chi connectivity index (χ0n) is 15.0. The molecule has 1 N–H and O–H groups in total. The van der Waals surface area contributed by atoms with E-state index in [-0.39, 0.29) is 5.04 Å². The molecule has 0 amide bonds. The van der Waals surface area contributed by atoms with E-state index in [1.807, 2.05) is 12.1 Å². The van der Waals surface area contributed by atoms with Crippen LogP contribution in [0.2, 0.25) is 18.1 Å². The van der Waals surface area contributed by atoms with Gasteiger partial charge < -0.3 is 9.74 Å². The van der Waals surface area contributed by atoms with E-state index in [9.17, 15) is 0 Å². The maximum absolute atomic E-state index is 8.84. The summed E-state index contributed by atoms with van der Waals surface area (Å²) >= 11 is 0. The molecule has 0 bridgehead atoms. The van der Waals surface area contributed by atoms with Crippen LogP contribution in [0.3, 0.4) is 0 Å². The summed E-state index contributed by atoms with van der Waals surface area (Å²) in [7, 11) is -1.71. The summed E-state index contributed by atoms with van der Waals surface area (Å²) in [4.78, 5) is 4.32. The van der Waals surface area contributed by atoms with Crippen molar-refractivity contribution in [3.8, 4) is 6.07 Å². The number of aromatic nitrogens is 1. The molecule has 0 spiro atoms. The molecule has 4 nitrogen and oxygen atoms in total. The minimum atomic E-state index is -1.71. The highest BCUT2D eigenvalue weighted by Crippen LogP contribution is 2.39. The van der Waals surface area contributed by atoms with Gasteiger partial charge in [-0.2, -0.15) is 5.26 Å². The Labute approximate surface area is 141 Å². The van der Waals surface area contributed by atoms with Crippen LogP contribution in [0.25, 0.3) is 0 Å². The summed E-state index contributed by atoms with van der Waals surface area (Å²) < 4.78 is 6.58. The molecule has 0 aromatic carbocycles. The van der Waals surface area contributed by atoms with E-state index < -0.39 is 8.32 Å². The van der Waals surface area contributed by atoms with Crippen molar-refractivity contribution >= 4 is 14.1 Å². The van der Waals surface area contributed by atoms with Gasteiger partial charge in [0.05, 0.1) is 5.56 Å². The van der Waals surface area contributed by atoms with Gasteiger partial charge in [-0.1, -0.05) is 20.8 Å². The average Bonchev–Trinajstić information content (AvgIpc) is 2.47. The minimum Gasteiger partial charge on any atom is -0.414 e. The van der Waals surface area contributed by atoms with Gasteiger partial charge in [-0.3, -0.25) is 0 Å². The third kappa shape index (κ3) is 4.79. The normalized spacial score (nSPS) is 22.4. The van der Waals surface area contributed by atoms with Gasteiger partial charge in [0.15, 0.2) is 8.32 Å². The standard InChI is InChI=1S/C18H29N3OSi/c1-18(2,3)23(4,5)22-16-8-6-7-15(11-16)21-17-10-9-14(12-19)13-20-17/h9-10,13,15-16H,6-8,11H2,1-5H3,(H,20,21). The van der Waals surface area contributed by atoms with Crippen molar-refractivity contribution in [1.29, 1.82) is 5.26 Å². The van der Waals surface area contributed by atoms with E-state index in [0.29, 0.717) is 17.7 Å². The van der Waals surface area contributed by atoms with Crippen LogP contribution >= 0.6 is 0 Å². The molecular formula is C18H29N3OSi. The van der Waals surface area contributed by atoms with E-state index >= 15 is 0 Å². The first-order chi connectivity index (χ1) is 10.7. The molecular weight excluding hydrogens is 302 g/mol. The number of rotatable bonds is 4. The molecule has 1 aliphatic carbocycles. The van der Waals surface area contributed by atoms with Crippen molar-refractivity contribution in [1.82, 2.24) is 4.98 Å². The third-order valence-corrected chi connectivity index (χ3v) is 9.67. The Kier molecular flexibility index (Phi) is 5.48. The first-order valence-electron chi connectivity index (χ1n) is 8.52. The largest absolute Gasteiger partial charge is 0.414 e. The van der Waals surface area contributed by atoms with Gasteiger partial charge >= 0.3 is 0 Å². The molecule has 1 heterocycles. The van der Waals surface area contributed by atoms with Gasteiger partial charge in [0.2, 0.25) is 0 Å². The zero-order chi connectivity index (χ0) is 17.1. The predicted octanol–water partition coefficient (Wildman–Crippen LogP) is 4.70. The van der Waals surface area contributed by atoms with E-state index in [1.165, 1.54) is 6.42 Å². The summed E-state index contributed by atoms with van der Waals surface area (Å²) in [5.74, 6) is 0.849. The van der Waals surface area contributed by atoms with Gasteiger partial charge in [0.1, 0.15) is 11.9 Å². The summed E-state index contributed by atoms with van der Waals surface area (Å²) in [5, 5.41) is 12.6. The molecule has 1 aromatic rings. The Morgan fingerprint density at radius 1 is 1.30 bits per heavy atom. The van der Waals surface area contributed by atoms with Crippen LogP contribution in [-0.2, 0) is 4.43 Å². The molecule has 1 aromatic heterocycles. The van der Waals surface area contributed by atoms with Gasteiger partial charge in [0.25, 0.3) is 0 Å². The predicted molar refractivity (Wildman–Crippen MR) is 96.9 cm³/mol. The highest BCUT2D eigenvalue weighted by Gasteiger charge is 2.40. The monoisotopic (exact) mass is 331 g/mol. The molecule has 0 saturated heterocycles. The number of nitrogens with one attached hydrogen (secondary N) is 1. The smallest absolute Gasteiger partial charge is 0.192 e. The molecule has 2 rings (SSSR count). The number of pyridine rings is 1. The maximum atomic E-state index is 8.84. The Bertz CT molecular complexity index is 557. The Balaban J connectivity index is 1.94. The second-order valence-corrected chi connectivity index (χ2v) is 12.8. The lowest BCUT2D eigenvalue weighted by atomic mass is 9.93. The summed E-state index contributed by atoms with van der Waals surface area (Å²) in [6.45, 7) is 11.5. The molecule has 126 valence electrons. The maximum Gasteiger partial charge on any atom is 0.192 e. The lowest BCUT2D eigenvalue weighted by molar-refractivity contribution is 0.132. The second kappa shape index (κ2) is 7.02. The van der Waals surface area contributed by atoms with Crippen molar-refractivity contribution in [2.75, 3.05) is 5.32 Å². The number of anilines is 1. The molecule has 0 aliphatic heterocycles. The SMILES string of the molecule is CC(C)(C)[Si](C)(C)OC1CCCC(Nc2ccc(C#N)cn2)C1.